The molecule has 15 heavy (non-hydrogen) atoms. The maximum atomic E-state index is 9.60. The standard InChI is InChI=1S/C12H17BrO2/c1-4-11(14)9(3)15-12-6-5-10(13)7-8(12)2/h5-7,9,11,14H,4H2,1-3H3/t9-,11+/m0/s1. The van der Waals surface area contributed by atoms with Crippen LogP contribution in [0.15, 0.2) is 22.7 Å². The summed E-state index contributed by atoms with van der Waals surface area (Å²) >= 11 is 3.40. The van der Waals surface area contributed by atoms with Crippen LogP contribution in [0.25, 0.3) is 0 Å². The van der Waals surface area contributed by atoms with Crippen LogP contribution in [0.5, 0.6) is 5.75 Å². The Kier molecular flexibility index (Phi) is 4.61. The van der Waals surface area contributed by atoms with Gasteiger partial charge in [-0.2, -0.15) is 0 Å². The van der Waals surface area contributed by atoms with Gasteiger partial charge in [-0.1, -0.05) is 22.9 Å². The highest BCUT2D eigenvalue weighted by atomic mass is 79.9. The fraction of sp³-hybridized carbons (Fsp3) is 0.500. The van der Waals surface area contributed by atoms with Gasteiger partial charge < -0.3 is 9.84 Å². The Balaban J connectivity index is 2.72. The molecule has 84 valence electrons. The zero-order chi connectivity index (χ0) is 11.4. The summed E-state index contributed by atoms with van der Waals surface area (Å²) in [5.74, 6) is 0.832. The molecule has 0 fully saturated rings. The van der Waals surface area contributed by atoms with Gasteiger partial charge in [0.25, 0.3) is 0 Å². The van der Waals surface area contributed by atoms with Gasteiger partial charge in [-0.15, -0.1) is 0 Å². The first-order valence-electron chi connectivity index (χ1n) is 5.15. The minimum Gasteiger partial charge on any atom is -0.488 e. The Hall–Kier alpha value is -0.540. The normalized spacial score (nSPS) is 14.7. The van der Waals surface area contributed by atoms with Crippen molar-refractivity contribution in [2.45, 2.75) is 39.4 Å². The van der Waals surface area contributed by atoms with E-state index in [1.54, 1.807) is 0 Å². The molecule has 0 aliphatic heterocycles. The minimum absolute atomic E-state index is 0.171. The van der Waals surface area contributed by atoms with Gasteiger partial charge >= 0.3 is 0 Å². The maximum absolute atomic E-state index is 9.60. The van der Waals surface area contributed by atoms with Crippen LogP contribution < -0.4 is 4.74 Å². The Morgan fingerprint density at radius 3 is 2.67 bits per heavy atom. The highest BCUT2D eigenvalue weighted by molar-refractivity contribution is 9.10. The average Bonchev–Trinajstić information content (AvgIpc) is 2.20. The summed E-state index contributed by atoms with van der Waals surface area (Å²) < 4.78 is 6.72. The minimum atomic E-state index is -0.409. The van der Waals surface area contributed by atoms with Crippen molar-refractivity contribution < 1.29 is 9.84 Å². The molecule has 2 atom stereocenters. The summed E-state index contributed by atoms with van der Waals surface area (Å²) in [6, 6.07) is 5.85. The third-order valence-electron chi connectivity index (χ3n) is 2.41. The summed E-state index contributed by atoms with van der Waals surface area (Å²) in [5, 5.41) is 9.60. The quantitative estimate of drug-likeness (QED) is 0.912. The third-order valence-corrected chi connectivity index (χ3v) is 2.90. The topological polar surface area (TPSA) is 29.5 Å². The molecule has 3 heteroatoms. The second kappa shape index (κ2) is 5.52. The van der Waals surface area contributed by atoms with Crippen molar-refractivity contribution >= 4 is 15.9 Å². The number of aliphatic hydroxyl groups is 1. The Morgan fingerprint density at radius 1 is 1.47 bits per heavy atom. The molecule has 0 aromatic heterocycles. The molecule has 0 radical (unpaired) electrons. The van der Waals surface area contributed by atoms with Crippen molar-refractivity contribution in [3.8, 4) is 5.75 Å². The van der Waals surface area contributed by atoms with Gasteiger partial charge in [0.1, 0.15) is 11.9 Å². The lowest BCUT2D eigenvalue weighted by Crippen LogP contribution is -2.28. The van der Waals surface area contributed by atoms with Crippen LogP contribution in [0.1, 0.15) is 25.8 Å². The number of aryl methyl sites for hydroxylation is 1. The van der Waals surface area contributed by atoms with Gasteiger partial charge in [0.05, 0.1) is 6.10 Å². The third kappa shape index (κ3) is 3.50. The number of ether oxygens (including phenoxy) is 1. The second-order valence-electron chi connectivity index (χ2n) is 3.71. The zero-order valence-corrected chi connectivity index (χ0v) is 10.9. The SMILES string of the molecule is CC[C@@H](O)[C@H](C)Oc1ccc(Br)cc1C. The molecule has 0 unspecified atom stereocenters. The summed E-state index contributed by atoms with van der Waals surface area (Å²) in [7, 11) is 0. The molecule has 0 aliphatic carbocycles. The lowest BCUT2D eigenvalue weighted by Gasteiger charge is -2.20. The van der Waals surface area contributed by atoms with Crippen LogP contribution >= 0.6 is 15.9 Å². The highest BCUT2D eigenvalue weighted by Crippen LogP contribution is 2.23. The van der Waals surface area contributed by atoms with Crippen LogP contribution in [0, 0.1) is 6.92 Å². The lowest BCUT2D eigenvalue weighted by atomic mass is 10.1. The number of hydrogen-bond acceptors (Lipinski definition) is 2. The van der Waals surface area contributed by atoms with E-state index in [1.807, 2.05) is 39.0 Å². The van der Waals surface area contributed by atoms with Gasteiger partial charge in [0, 0.05) is 4.47 Å². The Bertz CT molecular complexity index is 325. The smallest absolute Gasteiger partial charge is 0.122 e. The molecular weight excluding hydrogens is 256 g/mol. The molecule has 1 N–H and O–H groups in total. The van der Waals surface area contributed by atoms with E-state index in [1.165, 1.54) is 0 Å². The van der Waals surface area contributed by atoms with Crippen molar-refractivity contribution in [2.75, 3.05) is 0 Å². The molecule has 0 bridgehead atoms. The second-order valence-corrected chi connectivity index (χ2v) is 4.62. The first kappa shape index (κ1) is 12.5. The number of benzene rings is 1. The van der Waals surface area contributed by atoms with Crippen LogP contribution in [0.2, 0.25) is 0 Å². The fourth-order valence-corrected chi connectivity index (χ4v) is 1.83. The first-order valence-corrected chi connectivity index (χ1v) is 5.94. The van der Waals surface area contributed by atoms with Crippen LogP contribution in [-0.4, -0.2) is 17.3 Å². The molecule has 0 saturated carbocycles. The van der Waals surface area contributed by atoms with E-state index in [2.05, 4.69) is 15.9 Å². The lowest BCUT2D eigenvalue weighted by molar-refractivity contribution is 0.0447. The largest absolute Gasteiger partial charge is 0.488 e. The fourth-order valence-electron chi connectivity index (χ4n) is 1.36. The van der Waals surface area contributed by atoms with Crippen molar-refractivity contribution in [1.29, 1.82) is 0 Å². The predicted molar refractivity (Wildman–Crippen MR) is 65.3 cm³/mol. The zero-order valence-electron chi connectivity index (χ0n) is 9.33. The van der Waals surface area contributed by atoms with Crippen molar-refractivity contribution in [1.82, 2.24) is 0 Å². The van der Waals surface area contributed by atoms with E-state index in [-0.39, 0.29) is 6.10 Å². The Morgan fingerprint density at radius 2 is 2.13 bits per heavy atom. The van der Waals surface area contributed by atoms with Crippen molar-refractivity contribution in [3.05, 3.63) is 28.2 Å². The van der Waals surface area contributed by atoms with E-state index >= 15 is 0 Å². The summed E-state index contributed by atoms with van der Waals surface area (Å²) in [5.41, 5.74) is 1.07. The van der Waals surface area contributed by atoms with Crippen molar-refractivity contribution in [3.63, 3.8) is 0 Å². The average molecular weight is 273 g/mol. The molecule has 1 aromatic carbocycles. The number of halogens is 1. The summed E-state index contributed by atoms with van der Waals surface area (Å²) in [6.45, 7) is 5.82. The number of aliphatic hydroxyl groups excluding tert-OH is 1. The molecule has 0 aliphatic rings. The van der Waals surface area contributed by atoms with Gasteiger partial charge in [-0.3, -0.25) is 0 Å². The van der Waals surface area contributed by atoms with Gasteiger partial charge in [-0.05, 0) is 44.0 Å². The van der Waals surface area contributed by atoms with Gasteiger partial charge in [-0.25, -0.2) is 0 Å². The van der Waals surface area contributed by atoms with E-state index in [4.69, 9.17) is 4.74 Å². The monoisotopic (exact) mass is 272 g/mol. The number of rotatable bonds is 4. The van der Waals surface area contributed by atoms with Crippen LogP contribution in [-0.2, 0) is 0 Å². The Labute approximate surface area is 99.4 Å². The van der Waals surface area contributed by atoms with Gasteiger partial charge in [0.2, 0.25) is 0 Å². The van der Waals surface area contributed by atoms with E-state index in [0.29, 0.717) is 6.42 Å². The molecule has 0 spiro atoms. The molecule has 0 amide bonds. The molecule has 1 aromatic rings. The van der Waals surface area contributed by atoms with E-state index in [0.717, 1.165) is 15.8 Å². The molecule has 0 heterocycles. The molecule has 0 saturated heterocycles. The molecule has 1 rings (SSSR count). The van der Waals surface area contributed by atoms with Gasteiger partial charge in [0.15, 0.2) is 0 Å². The summed E-state index contributed by atoms with van der Waals surface area (Å²) in [6.07, 6.45) is 0.124. The first-order chi connectivity index (χ1) is 7.04. The summed E-state index contributed by atoms with van der Waals surface area (Å²) in [4.78, 5) is 0. The number of hydrogen-bond donors (Lipinski definition) is 1. The van der Waals surface area contributed by atoms with Crippen LogP contribution in [0.3, 0.4) is 0 Å². The maximum Gasteiger partial charge on any atom is 0.122 e. The van der Waals surface area contributed by atoms with Crippen molar-refractivity contribution in [2.24, 2.45) is 0 Å². The van der Waals surface area contributed by atoms with Crippen LogP contribution in [0.4, 0.5) is 0 Å². The predicted octanol–water partition coefficient (Wildman–Crippen LogP) is 3.30. The van der Waals surface area contributed by atoms with E-state index < -0.39 is 6.10 Å². The molecular formula is C12H17BrO2. The molecule has 2 nitrogen and oxygen atoms in total. The van der Waals surface area contributed by atoms with E-state index in [9.17, 15) is 5.11 Å². The highest BCUT2D eigenvalue weighted by Gasteiger charge is 2.14.